The number of piperazine rings is 1. The molecule has 0 saturated carbocycles. The Bertz CT molecular complexity index is 530. The molecule has 0 bridgehead atoms. The molecule has 0 amide bonds. The average Bonchev–Trinajstić information content (AvgIpc) is 3.34. The highest BCUT2D eigenvalue weighted by atomic mass is 35.5. The number of nitrogens with one attached hydrogen (secondary N) is 1. The van der Waals surface area contributed by atoms with E-state index in [0.29, 0.717) is 6.61 Å². The van der Waals surface area contributed by atoms with E-state index in [9.17, 15) is 0 Å². The van der Waals surface area contributed by atoms with Crippen molar-refractivity contribution in [1.82, 2.24) is 15.1 Å². The topological polar surface area (TPSA) is 37.0 Å². The van der Waals surface area contributed by atoms with E-state index in [2.05, 4.69) is 39.4 Å². The lowest BCUT2D eigenvalue weighted by molar-refractivity contribution is 0.0679. The van der Waals surface area contributed by atoms with E-state index >= 15 is 0 Å². The van der Waals surface area contributed by atoms with Crippen LogP contribution in [-0.4, -0.2) is 74.4 Å². The predicted molar refractivity (Wildman–Crippen MR) is 106 cm³/mol. The first-order chi connectivity index (χ1) is 12.4. The van der Waals surface area contributed by atoms with Gasteiger partial charge in [-0.3, -0.25) is 9.80 Å². The molecule has 3 saturated heterocycles. The van der Waals surface area contributed by atoms with Gasteiger partial charge in [-0.25, -0.2) is 0 Å². The number of hydrogen-bond donors (Lipinski definition) is 1. The lowest BCUT2D eigenvalue weighted by Gasteiger charge is -2.32. The van der Waals surface area contributed by atoms with Gasteiger partial charge in [0.1, 0.15) is 12.4 Å². The molecule has 3 aliphatic heterocycles. The predicted octanol–water partition coefficient (Wildman–Crippen LogP) is 2.15. The van der Waals surface area contributed by atoms with E-state index in [4.69, 9.17) is 9.47 Å². The Labute approximate surface area is 163 Å². The molecule has 146 valence electrons. The second-order valence-corrected chi connectivity index (χ2v) is 7.55. The van der Waals surface area contributed by atoms with E-state index in [1.807, 2.05) is 0 Å². The SMILES string of the molecule is Cl.c1cc(OCC2CCCO2)ccc1CN1CCC(N2CCNCC2)C1. The van der Waals surface area contributed by atoms with Crippen molar-refractivity contribution in [3.05, 3.63) is 29.8 Å². The Morgan fingerprint density at radius 3 is 2.62 bits per heavy atom. The molecule has 1 N–H and O–H groups in total. The zero-order chi connectivity index (χ0) is 16.9. The van der Waals surface area contributed by atoms with Crippen LogP contribution >= 0.6 is 12.4 Å². The van der Waals surface area contributed by atoms with Gasteiger partial charge in [-0.05, 0) is 37.0 Å². The van der Waals surface area contributed by atoms with Crippen LogP contribution in [0.25, 0.3) is 0 Å². The molecule has 2 unspecified atom stereocenters. The molecule has 4 rings (SSSR count). The van der Waals surface area contributed by atoms with Gasteiger partial charge in [0.25, 0.3) is 0 Å². The molecule has 3 fully saturated rings. The van der Waals surface area contributed by atoms with Crippen molar-refractivity contribution in [2.75, 3.05) is 52.5 Å². The van der Waals surface area contributed by atoms with Crippen LogP contribution in [0.15, 0.2) is 24.3 Å². The number of hydrogen-bond acceptors (Lipinski definition) is 5. The van der Waals surface area contributed by atoms with Crippen molar-refractivity contribution >= 4 is 12.4 Å². The molecule has 26 heavy (non-hydrogen) atoms. The summed E-state index contributed by atoms with van der Waals surface area (Å²) in [6.07, 6.45) is 3.88. The fourth-order valence-electron chi connectivity index (χ4n) is 4.22. The van der Waals surface area contributed by atoms with Crippen molar-refractivity contribution < 1.29 is 9.47 Å². The summed E-state index contributed by atoms with van der Waals surface area (Å²) in [5.41, 5.74) is 1.38. The first-order valence-electron chi connectivity index (χ1n) is 9.87. The quantitative estimate of drug-likeness (QED) is 0.817. The largest absolute Gasteiger partial charge is 0.491 e. The van der Waals surface area contributed by atoms with Gasteiger partial charge in [0.15, 0.2) is 0 Å². The van der Waals surface area contributed by atoms with Gasteiger partial charge >= 0.3 is 0 Å². The molecular weight excluding hydrogens is 350 g/mol. The van der Waals surface area contributed by atoms with Gasteiger partial charge in [-0.1, -0.05) is 12.1 Å². The summed E-state index contributed by atoms with van der Waals surface area (Å²) in [5.74, 6) is 0.958. The van der Waals surface area contributed by atoms with Crippen LogP contribution in [0.4, 0.5) is 0 Å². The monoisotopic (exact) mass is 381 g/mol. The first kappa shape index (κ1) is 19.9. The molecule has 2 atom stereocenters. The van der Waals surface area contributed by atoms with E-state index in [1.54, 1.807) is 0 Å². The highest BCUT2D eigenvalue weighted by molar-refractivity contribution is 5.85. The number of halogens is 1. The maximum absolute atomic E-state index is 5.86. The minimum Gasteiger partial charge on any atom is -0.491 e. The standard InChI is InChI=1S/C20H31N3O2.ClH/c1-2-20(24-13-1)16-25-19-5-3-17(4-6-19)14-22-10-7-18(15-22)23-11-8-21-9-12-23;/h3-6,18,20-21H,1-2,7-16H2;1H. The Kier molecular flexibility index (Phi) is 7.58. The molecule has 6 heteroatoms. The summed E-state index contributed by atoms with van der Waals surface area (Å²) < 4.78 is 11.5. The second-order valence-electron chi connectivity index (χ2n) is 7.55. The Morgan fingerprint density at radius 1 is 1.08 bits per heavy atom. The number of rotatable bonds is 6. The van der Waals surface area contributed by atoms with Crippen LogP contribution in [0.1, 0.15) is 24.8 Å². The fourth-order valence-corrected chi connectivity index (χ4v) is 4.22. The maximum Gasteiger partial charge on any atom is 0.119 e. The molecule has 0 radical (unpaired) electrons. The van der Waals surface area contributed by atoms with E-state index in [-0.39, 0.29) is 18.5 Å². The summed E-state index contributed by atoms with van der Waals surface area (Å²) in [7, 11) is 0. The summed E-state index contributed by atoms with van der Waals surface area (Å²) in [5, 5.41) is 3.45. The highest BCUT2D eigenvalue weighted by Crippen LogP contribution is 2.21. The second kappa shape index (κ2) is 9.90. The third kappa shape index (κ3) is 5.33. The molecule has 0 aromatic heterocycles. The number of likely N-dealkylation sites (tertiary alicyclic amines) is 1. The number of benzene rings is 1. The van der Waals surface area contributed by atoms with Crippen LogP contribution in [0.5, 0.6) is 5.75 Å². The zero-order valence-corrected chi connectivity index (χ0v) is 16.4. The van der Waals surface area contributed by atoms with Crippen molar-refractivity contribution in [3.8, 4) is 5.75 Å². The van der Waals surface area contributed by atoms with Crippen LogP contribution in [0.3, 0.4) is 0 Å². The smallest absolute Gasteiger partial charge is 0.119 e. The van der Waals surface area contributed by atoms with Crippen LogP contribution in [0, 0.1) is 0 Å². The molecule has 1 aromatic rings. The molecule has 3 aliphatic rings. The number of ether oxygens (including phenoxy) is 2. The van der Waals surface area contributed by atoms with Gasteiger partial charge in [0.2, 0.25) is 0 Å². The Morgan fingerprint density at radius 2 is 1.88 bits per heavy atom. The molecule has 5 nitrogen and oxygen atoms in total. The van der Waals surface area contributed by atoms with Crippen LogP contribution in [0.2, 0.25) is 0 Å². The van der Waals surface area contributed by atoms with Crippen molar-refractivity contribution in [3.63, 3.8) is 0 Å². The summed E-state index contributed by atoms with van der Waals surface area (Å²) >= 11 is 0. The van der Waals surface area contributed by atoms with Crippen molar-refractivity contribution in [2.45, 2.75) is 38.0 Å². The molecule has 0 aliphatic carbocycles. The summed E-state index contributed by atoms with van der Waals surface area (Å²) in [6.45, 7) is 9.73. The third-order valence-electron chi connectivity index (χ3n) is 5.70. The summed E-state index contributed by atoms with van der Waals surface area (Å²) in [4.78, 5) is 5.26. The lowest BCUT2D eigenvalue weighted by atomic mass is 10.2. The Hall–Kier alpha value is -0.850. The van der Waals surface area contributed by atoms with Gasteiger partial charge < -0.3 is 14.8 Å². The fraction of sp³-hybridized carbons (Fsp3) is 0.700. The van der Waals surface area contributed by atoms with E-state index in [0.717, 1.165) is 50.9 Å². The molecular formula is C20H32ClN3O2. The van der Waals surface area contributed by atoms with Gasteiger partial charge in [-0.2, -0.15) is 0 Å². The van der Waals surface area contributed by atoms with Crippen LogP contribution in [-0.2, 0) is 11.3 Å². The van der Waals surface area contributed by atoms with E-state index < -0.39 is 0 Å². The molecule has 0 spiro atoms. The maximum atomic E-state index is 5.86. The average molecular weight is 382 g/mol. The molecule has 3 heterocycles. The first-order valence-corrected chi connectivity index (χ1v) is 9.87. The van der Waals surface area contributed by atoms with Gasteiger partial charge in [0.05, 0.1) is 6.10 Å². The van der Waals surface area contributed by atoms with Crippen molar-refractivity contribution in [2.24, 2.45) is 0 Å². The van der Waals surface area contributed by atoms with Gasteiger partial charge in [-0.15, -0.1) is 12.4 Å². The normalized spacial score (nSPS) is 27.4. The highest BCUT2D eigenvalue weighted by Gasteiger charge is 2.28. The zero-order valence-electron chi connectivity index (χ0n) is 15.6. The van der Waals surface area contributed by atoms with Crippen LogP contribution < -0.4 is 10.1 Å². The van der Waals surface area contributed by atoms with Gasteiger partial charge in [0, 0.05) is 58.5 Å². The summed E-state index contributed by atoms with van der Waals surface area (Å²) in [6, 6.07) is 9.38. The lowest BCUT2D eigenvalue weighted by Crippen LogP contribution is -2.49. The Balaban J connectivity index is 0.00000196. The van der Waals surface area contributed by atoms with Crippen molar-refractivity contribution in [1.29, 1.82) is 0 Å². The third-order valence-corrected chi connectivity index (χ3v) is 5.70. The van der Waals surface area contributed by atoms with E-state index in [1.165, 1.54) is 38.2 Å². The molecule has 1 aromatic carbocycles. The minimum absolute atomic E-state index is 0. The minimum atomic E-state index is 0. The number of nitrogens with zero attached hydrogens (tertiary/aromatic N) is 2.